The Labute approximate surface area is 119 Å². The summed E-state index contributed by atoms with van der Waals surface area (Å²) in [5, 5.41) is 3.04. The van der Waals surface area contributed by atoms with Crippen molar-refractivity contribution < 1.29 is 17.9 Å². The molecule has 1 N–H and O–H groups in total. The zero-order valence-corrected chi connectivity index (χ0v) is 12.4. The first-order valence-electron chi connectivity index (χ1n) is 5.95. The van der Waals surface area contributed by atoms with E-state index in [2.05, 4.69) is 21.2 Å². The standard InChI is InChI=1S/C13H17BrF3NO/c1-18-12(4-3-7-13(15,16)17)10-8-9(19-2)5-6-11(10)14/h5-6,8,12,18H,3-4,7H2,1-2H3. The molecule has 1 aromatic rings. The van der Waals surface area contributed by atoms with Gasteiger partial charge in [0.15, 0.2) is 0 Å². The molecule has 108 valence electrons. The van der Waals surface area contributed by atoms with Crippen molar-refractivity contribution in [3.63, 3.8) is 0 Å². The van der Waals surface area contributed by atoms with Crippen molar-refractivity contribution in [2.24, 2.45) is 0 Å². The summed E-state index contributed by atoms with van der Waals surface area (Å²) in [6.45, 7) is 0. The number of alkyl halides is 3. The molecule has 0 aliphatic carbocycles. The molecule has 1 atom stereocenters. The van der Waals surface area contributed by atoms with E-state index < -0.39 is 12.6 Å². The smallest absolute Gasteiger partial charge is 0.389 e. The minimum Gasteiger partial charge on any atom is -0.497 e. The summed E-state index contributed by atoms with van der Waals surface area (Å²) in [7, 11) is 3.30. The zero-order chi connectivity index (χ0) is 14.5. The number of hydrogen-bond donors (Lipinski definition) is 1. The highest BCUT2D eigenvalue weighted by Crippen LogP contribution is 2.32. The molecule has 0 aliphatic rings. The number of halogens is 4. The average Bonchev–Trinajstić information content (AvgIpc) is 2.34. The van der Waals surface area contributed by atoms with E-state index >= 15 is 0 Å². The highest BCUT2D eigenvalue weighted by atomic mass is 79.9. The number of benzene rings is 1. The van der Waals surface area contributed by atoms with Gasteiger partial charge in [0, 0.05) is 16.9 Å². The van der Waals surface area contributed by atoms with Gasteiger partial charge in [-0.05, 0) is 43.7 Å². The molecule has 0 fully saturated rings. The van der Waals surface area contributed by atoms with E-state index in [-0.39, 0.29) is 12.5 Å². The van der Waals surface area contributed by atoms with Crippen molar-refractivity contribution in [1.29, 1.82) is 0 Å². The molecule has 0 amide bonds. The molecule has 1 aromatic carbocycles. The van der Waals surface area contributed by atoms with Crippen LogP contribution in [0.25, 0.3) is 0 Å². The summed E-state index contributed by atoms with van der Waals surface area (Å²) in [5.74, 6) is 0.689. The van der Waals surface area contributed by atoms with E-state index in [1.54, 1.807) is 20.2 Å². The van der Waals surface area contributed by atoms with Gasteiger partial charge in [-0.2, -0.15) is 13.2 Å². The zero-order valence-electron chi connectivity index (χ0n) is 10.9. The molecule has 1 unspecified atom stereocenters. The van der Waals surface area contributed by atoms with Crippen molar-refractivity contribution in [2.45, 2.75) is 31.5 Å². The topological polar surface area (TPSA) is 21.3 Å². The van der Waals surface area contributed by atoms with Gasteiger partial charge in [-0.25, -0.2) is 0 Å². The number of rotatable bonds is 6. The number of ether oxygens (including phenoxy) is 1. The van der Waals surface area contributed by atoms with Gasteiger partial charge in [0.2, 0.25) is 0 Å². The Balaban J connectivity index is 2.74. The van der Waals surface area contributed by atoms with Gasteiger partial charge in [0.25, 0.3) is 0 Å². The normalized spacial score (nSPS) is 13.4. The first-order valence-corrected chi connectivity index (χ1v) is 6.74. The summed E-state index contributed by atoms with van der Waals surface area (Å²) in [5.41, 5.74) is 0.907. The molecule has 19 heavy (non-hydrogen) atoms. The molecule has 0 aromatic heterocycles. The van der Waals surface area contributed by atoms with Gasteiger partial charge in [-0.3, -0.25) is 0 Å². The van der Waals surface area contributed by atoms with Crippen LogP contribution in [-0.4, -0.2) is 20.3 Å². The average molecular weight is 340 g/mol. The van der Waals surface area contributed by atoms with Crippen LogP contribution in [0.5, 0.6) is 5.75 Å². The second kappa shape index (κ2) is 7.14. The van der Waals surface area contributed by atoms with Gasteiger partial charge in [0.1, 0.15) is 5.75 Å². The highest BCUT2D eigenvalue weighted by Gasteiger charge is 2.27. The molecule has 0 saturated heterocycles. The second-order valence-corrected chi connectivity index (χ2v) is 5.09. The first-order chi connectivity index (χ1) is 8.87. The Morgan fingerprint density at radius 1 is 1.37 bits per heavy atom. The van der Waals surface area contributed by atoms with Crippen LogP contribution in [0.3, 0.4) is 0 Å². The lowest BCUT2D eigenvalue weighted by Gasteiger charge is -2.19. The molecular formula is C13H17BrF3NO. The molecule has 0 saturated carbocycles. The second-order valence-electron chi connectivity index (χ2n) is 4.24. The Morgan fingerprint density at radius 2 is 2.05 bits per heavy atom. The fraction of sp³-hybridized carbons (Fsp3) is 0.538. The molecule has 1 rings (SSSR count). The monoisotopic (exact) mass is 339 g/mol. The third kappa shape index (κ3) is 5.40. The predicted octanol–water partition coefficient (Wildman–Crippen LogP) is 4.45. The van der Waals surface area contributed by atoms with Crippen LogP contribution in [0.1, 0.15) is 30.9 Å². The Kier molecular flexibility index (Phi) is 6.13. The Morgan fingerprint density at radius 3 is 2.58 bits per heavy atom. The minimum absolute atomic E-state index is 0.0959. The molecule has 0 bridgehead atoms. The number of hydrogen-bond acceptors (Lipinski definition) is 2. The lowest BCUT2D eigenvalue weighted by Crippen LogP contribution is -2.18. The number of methoxy groups -OCH3 is 1. The van der Waals surface area contributed by atoms with E-state index in [4.69, 9.17) is 4.74 Å². The minimum atomic E-state index is -4.09. The maximum atomic E-state index is 12.2. The van der Waals surface area contributed by atoms with Crippen LogP contribution in [0.2, 0.25) is 0 Å². The molecule has 2 nitrogen and oxygen atoms in total. The van der Waals surface area contributed by atoms with E-state index in [1.807, 2.05) is 12.1 Å². The van der Waals surface area contributed by atoms with Crippen LogP contribution in [0.15, 0.2) is 22.7 Å². The summed E-state index contributed by atoms with van der Waals surface area (Å²) in [4.78, 5) is 0. The van der Waals surface area contributed by atoms with Gasteiger partial charge in [-0.15, -0.1) is 0 Å². The van der Waals surface area contributed by atoms with Crippen molar-refractivity contribution >= 4 is 15.9 Å². The Bertz CT molecular complexity index is 409. The summed E-state index contributed by atoms with van der Waals surface area (Å²) >= 11 is 3.41. The molecule has 0 radical (unpaired) electrons. The molecule has 0 aliphatic heterocycles. The van der Waals surface area contributed by atoms with Crippen LogP contribution in [0.4, 0.5) is 13.2 Å². The fourth-order valence-electron chi connectivity index (χ4n) is 1.88. The maximum Gasteiger partial charge on any atom is 0.389 e. The summed E-state index contributed by atoms with van der Waals surface area (Å²) in [6.07, 6.45) is -4.34. The van der Waals surface area contributed by atoms with Crippen molar-refractivity contribution in [3.8, 4) is 5.75 Å². The molecule has 6 heteroatoms. The van der Waals surface area contributed by atoms with Gasteiger partial charge in [-0.1, -0.05) is 15.9 Å². The van der Waals surface area contributed by atoms with Gasteiger partial charge in [0.05, 0.1) is 7.11 Å². The predicted molar refractivity (Wildman–Crippen MR) is 72.4 cm³/mol. The number of nitrogens with one attached hydrogen (secondary N) is 1. The van der Waals surface area contributed by atoms with Gasteiger partial charge < -0.3 is 10.1 Å². The Hall–Kier alpha value is -0.750. The third-order valence-corrected chi connectivity index (χ3v) is 3.60. The molecular weight excluding hydrogens is 323 g/mol. The van der Waals surface area contributed by atoms with E-state index in [0.29, 0.717) is 12.2 Å². The molecule has 0 spiro atoms. The summed E-state index contributed by atoms with van der Waals surface area (Å²) in [6, 6.07) is 5.34. The SMILES string of the molecule is CNC(CCCC(F)(F)F)c1cc(OC)ccc1Br. The summed E-state index contributed by atoms with van der Waals surface area (Å²) < 4.78 is 42.5. The van der Waals surface area contributed by atoms with Crippen LogP contribution < -0.4 is 10.1 Å². The molecule has 0 heterocycles. The largest absolute Gasteiger partial charge is 0.497 e. The van der Waals surface area contributed by atoms with Crippen molar-refractivity contribution in [3.05, 3.63) is 28.2 Å². The lowest BCUT2D eigenvalue weighted by atomic mass is 10.0. The van der Waals surface area contributed by atoms with E-state index in [1.165, 1.54) is 0 Å². The highest BCUT2D eigenvalue weighted by molar-refractivity contribution is 9.10. The fourth-order valence-corrected chi connectivity index (χ4v) is 2.40. The quantitative estimate of drug-likeness (QED) is 0.826. The van der Waals surface area contributed by atoms with Crippen LogP contribution in [0, 0.1) is 0 Å². The third-order valence-electron chi connectivity index (χ3n) is 2.88. The maximum absolute atomic E-state index is 12.2. The van der Waals surface area contributed by atoms with E-state index in [0.717, 1.165) is 10.0 Å². The van der Waals surface area contributed by atoms with Crippen LogP contribution in [-0.2, 0) is 0 Å². The van der Waals surface area contributed by atoms with Gasteiger partial charge >= 0.3 is 6.18 Å². The van der Waals surface area contributed by atoms with Crippen molar-refractivity contribution in [2.75, 3.05) is 14.2 Å². The van der Waals surface area contributed by atoms with Crippen LogP contribution >= 0.6 is 15.9 Å². The van der Waals surface area contributed by atoms with Crippen molar-refractivity contribution in [1.82, 2.24) is 5.32 Å². The lowest BCUT2D eigenvalue weighted by molar-refractivity contribution is -0.135. The first kappa shape index (κ1) is 16.3. The van der Waals surface area contributed by atoms with E-state index in [9.17, 15) is 13.2 Å².